The summed E-state index contributed by atoms with van der Waals surface area (Å²) in [5.41, 5.74) is 5.35. The Balaban J connectivity index is 2.12. The fourth-order valence-electron chi connectivity index (χ4n) is 3.07. The van der Waals surface area contributed by atoms with Crippen LogP contribution in [-0.2, 0) is 4.79 Å². The first-order chi connectivity index (χ1) is 9.02. The highest BCUT2D eigenvalue weighted by Gasteiger charge is 2.21. The van der Waals surface area contributed by atoms with Crippen LogP contribution in [0.25, 0.3) is 0 Å². The second-order valence-corrected chi connectivity index (χ2v) is 5.47. The molecule has 0 spiro atoms. The molecule has 3 heteroatoms. The van der Waals surface area contributed by atoms with E-state index >= 15 is 0 Å². The molecule has 0 atom stereocenters. The topological polar surface area (TPSA) is 23.6 Å². The second kappa shape index (κ2) is 5.64. The van der Waals surface area contributed by atoms with Gasteiger partial charge in [0.15, 0.2) is 0 Å². The van der Waals surface area contributed by atoms with Crippen molar-refractivity contribution in [2.45, 2.75) is 34.1 Å². The summed E-state index contributed by atoms with van der Waals surface area (Å²) in [4.78, 5) is 16.1. The Morgan fingerprint density at radius 3 is 2.05 bits per heavy atom. The number of carbonyl (C=O) groups excluding carboxylic acids is 1. The van der Waals surface area contributed by atoms with Gasteiger partial charge in [0.1, 0.15) is 0 Å². The molecule has 3 nitrogen and oxygen atoms in total. The summed E-state index contributed by atoms with van der Waals surface area (Å²) in [7, 11) is 0. The van der Waals surface area contributed by atoms with Gasteiger partial charge in [-0.3, -0.25) is 4.79 Å². The van der Waals surface area contributed by atoms with Crippen molar-refractivity contribution in [3.63, 3.8) is 0 Å². The molecule has 19 heavy (non-hydrogen) atoms. The second-order valence-electron chi connectivity index (χ2n) is 5.47. The molecule has 0 unspecified atom stereocenters. The fourth-order valence-corrected chi connectivity index (χ4v) is 3.07. The number of piperazine rings is 1. The van der Waals surface area contributed by atoms with Gasteiger partial charge >= 0.3 is 0 Å². The lowest BCUT2D eigenvalue weighted by Gasteiger charge is -2.37. The SMILES string of the molecule is CCC(=O)N1CCN(c2c(C)cc(C)cc2C)CC1. The van der Waals surface area contributed by atoms with E-state index in [2.05, 4.69) is 37.8 Å². The quantitative estimate of drug-likeness (QED) is 0.816. The molecule has 1 saturated heterocycles. The van der Waals surface area contributed by atoms with Crippen LogP contribution in [0.5, 0.6) is 0 Å². The van der Waals surface area contributed by atoms with Crippen LogP contribution in [0.2, 0.25) is 0 Å². The number of amides is 1. The number of rotatable bonds is 2. The first kappa shape index (κ1) is 13.9. The maximum atomic E-state index is 11.7. The Labute approximate surface area is 116 Å². The predicted octanol–water partition coefficient (Wildman–Crippen LogP) is 2.67. The van der Waals surface area contributed by atoms with Crippen molar-refractivity contribution in [2.24, 2.45) is 0 Å². The maximum Gasteiger partial charge on any atom is 0.222 e. The average Bonchev–Trinajstić information content (AvgIpc) is 2.37. The van der Waals surface area contributed by atoms with E-state index in [0.29, 0.717) is 6.42 Å². The highest BCUT2D eigenvalue weighted by Crippen LogP contribution is 2.27. The average molecular weight is 260 g/mol. The summed E-state index contributed by atoms with van der Waals surface area (Å²) >= 11 is 0. The molecular weight excluding hydrogens is 236 g/mol. The number of hydrogen-bond donors (Lipinski definition) is 0. The Bertz CT molecular complexity index is 451. The molecule has 0 radical (unpaired) electrons. The van der Waals surface area contributed by atoms with Gasteiger partial charge in [-0.25, -0.2) is 0 Å². The molecule has 0 aromatic heterocycles. The summed E-state index contributed by atoms with van der Waals surface area (Å²) < 4.78 is 0. The van der Waals surface area contributed by atoms with Gasteiger partial charge in [0.25, 0.3) is 0 Å². The molecule has 104 valence electrons. The highest BCUT2D eigenvalue weighted by atomic mass is 16.2. The Hall–Kier alpha value is -1.51. The summed E-state index contributed by atoms with van der Waals surface area (Å²) in [5.74, 6) is 0.275. The summed E-state index contributed by atoms with van der Waals surface area (Å²) in [5, 5.41) is 0. The molecule has 0 bridgehead atoms. The zero-order chi connectivity index (χ0) is 14.0. The van der Waals surface area contributed by atoms with Gasteiger partial charge in [-0.05, 0) is 31.9 Å². The highest BCUT2D eigenvalue weighted by molar-refractivity contribution is 5.76. The van der Waals surface area contributed by atoms with Crippen LogP contribution in [0.1, 0.15) is 30.0 Å². The fraction of sp³-hybridized carbons (Fsp3) is 0.562. The van der Waals surface area contributed by atoms with Gasteiger partial charge in [-0.15, -0.1) is 0 Å². The molecule has 0 N–H and O–H groups in total. The zero-order valence-electron chi connectivity index (χ0n) is 12.5. The largest absolute Gasteiger partial charge is 0.368 e. The van der Waals surface area contributed by atoms with E-state index < -0.39 is 0 Å². The van der Waals surface area contributed by atoms with Crippen LogP contribution in [0.15, 0.2) is 12.1 Å². The monoisotopic (exact) mass is 260 g/mol. The summed E-state index contributed by atoms with van der Waals surface area (Å²) in [6, 6.07) is 4.48. The maximum absolute atomic E-state index is 11.7. The third kappa shape index (κ3) is 2.91. The van der Waals surface area contributed by atoms with E-state index in [9.17, 15) is 4.79 Å². The van der Waals surface area contributed by atoms with Crippen LogP contribution in [0, 0.1) is 20.8 Å². The van der Waals surface area contributed by atoms with Crippen molar-refractivity contribution in [2.75, 3.05) is 31.1 Å². The number of anilines is 1. The Morgan fingerprint density at radius 2 is 1.58 bits per heavy atom. The molecule has 1 aliphatic rings. The van der Waals surface area contributed by atoms with Crippen LogP contribution in [0.3, 0.4) is 0 Å². The third-order valence-electron chi connectivity index (χ3n) is 3.89. The number of benzene rings is 1. The van der Waals surface area contributed by atoms with Crippen molar-refractivity contribution in [1.82, 2.24) is 4.90 Å². The molecule has 1 amide bonds. The van der Waals surface area contributed by atoms with E-state index in [1.807, 2.05) is 11.8 Å². The number of aryl methyl sites for hydroxylation is 3. The van der Waals surface area contributed by atoms with E-state index in [4.69, 9.17) is 0 Å². The molecule has 1 aromatic carbocycles. The molecule has 1 fully saturated rings. The van der Waals surface area contributed by atoms with Crippen LogP contribution < -0.4 is 4.90 Å². The van der Waals surface area contributed by atoms with Crippen molar-refractivity contribution in [3.05, 3.63) is 28.8 Å². The van der Waals surface area contributed by atoms with E-state index in [0.717, 1.165) is 26.2 Å². The van der Waals surface area contributed by atoms with Gasteiger partial charge < -0.3 is 9.80 Å². The molecule has 1 aromatic rings. The van der Waals surface area contributed by atoms with Crippen molar-refractivity contribution in [1.29, 1.82) is 0 Å². The molecule has 0 aliphatic carbocycles. The van der Waals surface area contributed by atoms with Gasteiger partial charge in [-0.2, -0.15) is 0 Å². The summed E-state index contributed by atoms with van der Waals surface area (Å²) in [6.07, 6.45) is 0.614. The van der Waals surface area contributed by atoms with Gasteiger partial charge in [0.2, 0.25) is 5.91 Å². The lowest BCUT2D eigenvalue weighted by molar-refractivity contribution is -0.131. The first-order valence-electron chi connectivity index (χ1n) is 7.13. The third-order valence-corrected chi connectivity index (χ3v) is 3.89. The van der Waals surface area contributed by atoms with Gasteiger partial charge in [0, 0.05) is 38.3 Å². The molecule has 2 rings (SSSR count). The summed E-state index contributed by atoms with van der Waals surface area (Å²) in [6.45, 7) is 12.0. The lowest BCUT2D eigenvalue weighted by Crippen LogP contribution is -2.49. The number of nitrogens with zero attached hydrogens (tertiary/aromatic N) is 2. The van der Waals surface area contributed by atoms with Crippen LogP contribution in [0.4, 0.5) is 5.69 Å². The molecular formula is C16H24N2O. The molecule has 1 heterocycles. The minimum Gasteiger partial charge on any atom is -0.368 e. The van der Waals surface area contributed by atoms with Crippen molar-refractivity contribution >= 4 is 11.6 Å². The standard InChI is InChI=1S/C16H24N2O/c1-5-15(19)17-6-8-18(9-7-17)16-13(3)10-12(2)11-14(16)4/h10-11H,5-9H2,1-4H3. The lowest BCUT2D eigenvalue weighted by atomic mass is 10.0. The van der Waals surface area contributed by atoms with E-state index in [-0.39, 0.29) is 5.91 Å². The first-order valence-corrected chi connectivity index (χ1v) is 7.13. The van der Waals surface area contributed by atoms with Crippen LogP contribution in [-0.4, -0.2) is 37.0 Å². The normalized spacial score (nSPS) is 15.8. The Morgan fingerprint density at radius 1 is 1.05 bits per heavy atom. The number of carbonyl (C=O) groups is 1. The number of hydrogen-bond acceptors (Lipinski definition) is 2. The van der Waals surface area contributed by atoms with E-state index in [1.165, 1.54) is 22.4 Å². The zero-order valence-corrected chi connectivity index (χ0v) is 12.5. The Kier molecular flexibility index (Phi) is 4.13. The minimum atomic E-state index is 0.275. The predicted molar refractivity (Wildman–Crippen MR) is 79.7 cm³/mol. The van der Waals surface area contributed by atoms with E-state index in [1.54, 1.807) is 0 Å². The van der Waals surface area contributed by atoms with Crippen LogP contribution >= 0.6 is 0 Å². The molecule has 1 aliphatic heterocycles. The minimum absolute atomic E-state index is 0.275. The van der Waals surface area contributed by atoms with Gasteiger partial charge in [-0.1, -0.05) is 24.6 Å². The van der Waals surface area contributed by atoms with Gasteiger partial charge in [0.05, 0.1) is 0 Å². The van der Waals surface area contributed by atoms with Crippen molar-refractivity contribution in [3.8, 4) is 0 Å². The smallest absolute Gasteiger partial charge is 0.222 e. The van der Waals surface area contributed by atoms with Crippen molar-refractivity contribution < 1.29 is 4.79 Å². The molecule has 0 saturated carbocycles.